The lowest BCUT2D eigenvalue weighted by Gasteiger charge is -2.08. The average Bonchev–Trinajstić information content (AvgIpc) is 2.07. The molecule has 0 radical (unpaired) electrons. The van der Waals surface area contributed by atoms with Gasteiger partial charge in [-0.15, -0.1) is 12.4 Å². The highest BCUT2D eigenvalue weighted by Crippen LogP contribution is 2.13. The van der Waals surface area contributed by atoms with Gasteiger partial charge in [0, 0.05) is 6.54 Å². The number of halogens is 1. The van der Waals surface area contributed by atoms with Crippen LogP contribution in [0.5, 0.6) is 0 Å². The zero-order valence-electron chi connectivity index (χ0n) is 7.01. The van der Waals surface area contributed by atoms with Crippen LogP contribution in [0.1, 0.15) is 11.5 Å². The summed E-state index contributed by atoms with van der Waals surface area (Å²) in [4.78, 5) is 10.7. The van der Waals surface area contributed by atoms with E-state index in [-0.39, 0.29) is 19.0 Å². The highest BCUT2D eigenvalue weighted by atomic mass is 35.5. The predicted molar refractivity (Wildman–Crippen MR) is 53.1 cm³/mol. The molecule has 0 aromatic heterocycles. The van der Waals surface area contributed by atoms with Crippen LogP contribution in [0, 0.1) is 0 Å². The number of hydrogen-bond donors (Lipinski definition) is 2. The fraction of sp³-hybridized carbons (Fsp3) is 0.222. The molecule has 3 N–H and O–H groups in total. The van der Waals surface area contributed by atoms with Gasteiger partial charge in [-0.3, -0.25) is 4.79 Å². The molecule has 1 aromatic rings. The Kier molecular flexibility index (Phi) is 5.11. The summed E-state index contributed by atoms with van der Waals surface area (Å²) in [5.74, 6) is -1.45. The first-order valence-electron chi connectivity index (χ1n) is 3.73. The lowest BCUT2D eigenvalue weighted by molar-refractivity contribution is -0.138. The molecule has 1 rings (SSSR count). The Balaban J connectivity index is 0.00000144. The van der Waals surface area contributed by atoms with Crippen molar-refractivity contribution in [2.24, 2.45) is 5.73 Å². The smallest absolute Gasteiger partial charge is 0.312 e. The van der Waals surface area contributed by atoms with Crippen LogP contribution in [0.15, 0.2) is 30.3 Å². The minimum absolute atomic E-state index is 0. The summed E-state index contributed by atoms with van der Waals surface area (Å²) in [7, 11) is 0. The second-order valence-electron chi connectivity index (χ2n) is 2.54. The van der Waals surface area contributed by atoms with Crippen molar-refractivity contribution in [1.29, 1.82) is 0 Å². The first kappa shape index (κ1) is 11.9. The van der Waals surface area contributed by atoms with Gasteiger partial charge in [0.25, 0.3) is 0 Å². The van der Waals surface area contributed by atoms with Crippen molar-refractivity contribution in [3.05, 3.63) is 35.9 Å². The molecule has 0 aliphatic rings. The Morgan fingerprint density at radius 2 is 1.92 bits per heavy atom. The van der Waals surface area contributed by atoms with Gasteiger partial charge >= 0.3 is 5.97 Å². The molecular weight excluding hydrogens is 190 g/mol. The van der Waals surface area contributed by atoms with Gasteiger partial charge in [-0.05, 0) is 5.56 Å². The molecular formula is C9H12ClNO2. The van der Waals surface area contributed by atoms with E-state index in [4.69, 9.17) is 10.8 Å². The number of benzene rings is 1. The number of carbonyl (C=O) groups is 1. The largest absolute Gasteiger partial charge is 0.481 e. The lowest BCUT2D eigenvalue weighted by Crippen LogP contribution is -2.20. The van der Waals surface area contributed by atoms with Crippen molar-refractivity contribution < 1.29 is 9.90 Å². The van der Waals surface area contributed by atoms with Gasteiger partial charge in [0.05, 0.1) is 5.92 Å². The normalized spacial score (nSPS) is 11.5. The topological polar surface area (TPSA) is 63.3 Å². The van der Waals surface area contributed by atoms with Crippen LogP contribution in [0.3, 0.4) is 0 Å². The minimum atomic E-state index is -0.872. The molecule has 0 spiro atoms. The monoisotopic (exact) mass is 201 g/mol. The third-order valence-electron chi connectivity index (χ3n) is 1.74. The van der Waals surface area contributed by atoms with Gasteiger partial charge in [0.1, 0.15) is 0 Å². The van der Waals surface area contributed by atoms with Gasteiger partial charge in [-0.25, -0.2) is 0 Å². The molecule has 0 aliphatic heterocycles. The molecule has 0 amide bonds. The molecule has 1 aromatic carbocycles. The average molecular weight is 202 g/mol. The van der Waals surface area contributed by atoms with E-state index >= 15 is 0 Å². The molecule has 4 heteroatoms. The number of hydrogen-bond acceptors (Lipinski definition) is 2. The predicted octanol–water partition coefficient (Wildman–Crippen LogP) is 1.24. The molecule has 0 aliphatic carbocycles. The molecule has 0 heterocycles. The quantitative estimate of drug-likeness (QED) is 0.774. The van der Waals surface area contributed by atoms with Crippen LogP contribution in [0.4, 0.5) is 0 Å². The van der Waals surface area contributed by atoms with E-state index in [2.05, 4.69) is 0 Å². The van der Waals surface area contributed by atoms with Crippen molar-refractivity contribution >= 4 is 18.4 Å². The number of carboxylic acid groups (broad SMARTS) is 1. The summed E-state index contributed by atoms with van der Waals surface area (Å²) < 4.78 is 0. The standard InChI is InChI=1S/C9H11NO2.ClH/c10-6-8(9(11)12)7-4-2-1-3-5-7;/h1-5,8H,6,10H2,(H,11,12);1H. The van der Waals surface area contributed by atoms with E-state index in [0.29, 0.717) is 0 Å². The SMILES string of the molecule is Cl.NCC(C(=O)O)c1ccccc1. The number of aliphatic carboxylic acids is 1. The third kappa shape index (κ3) is 3.05. The third-order valence-corrected chi connectivity index (χ3v) is 1.74. The fourth-order valence-electron chi connectivity index (χ4n) is 1.06. The van der Waals surface area contributed by atoms with E-state index < -0.39 is 11.9 Å². The maximum atomic E-state index is 10.7. The van der Waals surface area contributed by atoms with Gasteiger partial charge in [-0.2, -0.15) is 0 Å². The van der Waals surface area contributed by atoms with Crippen LogP contribution >= 0.6 is 12.4 Å². The second-order valence-corrected chi connectivity index (χ2v) is 2.54. The van der Waals surface area contributed by atoms with E-state index in [1.807, 2.05) is 6.07 Å². The lowest BCUT2D eigenvalue weighted by atomic mass is 10.00. The fourth-order valence-corrected chi connectivity index (χ4v) is 1.06. The van der Waals surface area contributed by atoms with Crippen LogP contribution < -0.4 is 5.73 Å². The number of rotatable bonds is 3. The Labute approximate surface area is 83.0 Å². The highest BCUT2D eigenvalue weighted by molar-refractivity contribution is 5.85. The van der Waals surface area contributed by atoms with Crippen molar-refractivity contribution in [2.75, 3.05) is 6.54 Å². The summed E-state index contributed by atoms with van der Waals surface area (Å²) in [5, 5.41) is 8.75. The first-order chi connectivity index (χ1) is 5.75. The van der Waals surface area contributed by atoms with Crippen LogP contribution in [-0.2, 0) is 4.79 Å². The molecule has 0 fully saturated rings. The summed E-state index contributed by atoms with van der Waals surface area (Å²) in [5.41, 5.74) is 6.08. The summed E-state index contributed by atoms with van der Waals surface area (Å²) in [6.07, 6.45) is 0. The van der Waals surface area contributed by atoms with Gasteiger partial charge < -0.3 is 10.8 Å². The second kappa shape index (κ2) is 5.56. The van der Waals surface area contributed by atoms with E-state index in [9.17, 15) is 4.79 Å². The van der Waals surface area contributed by atoms with E-state index in [0.717, 1.165) is 5.56 Å². The molecule has 0 saturated heterocycles. The van der Waals surface area contributed by atoms with Crippen LogP contribution in [0.25, 0.3) is 0 Å². The molecule has 0 bridgehead atoms. The Morgan fingerprint density at radius 3 is 2.31 bits per heavy atom. The van der Waals surface area contributed by atoms with Gasteiger partial charge in [0.2, 0.25) is 0 Å². The molecule has 3 nitrogen and oxygen atoms in total. The molecule has 72 valence electrons. The van der Waals surface area contributed by atoms with Crippen molar-refractivity contribution in [1.82, 2.24) is 0 Å². The van der Waals surface area contributed by atoms with Crippen LogP contribution in [0.2, 0.25) is 0 Å². The first-order valence-corrected chi connectivity index (χ1v) is 3.73. The van der Waals surface area contributed by atoms with E-state index in [1.165, 1.54) is 0 Å². The van der Waals surface area contributed by atoms with Crippen molar-refractivity contribution in [3.63, 3.8) is 0 Å². The highest BCUT2D eigenvalue weighted by Gasteiger charge is 2.16. The van der Waals surface area contributed by atoms with Gasteiger partial charge in [0.15, 0.2) is 0 Å². The molecule has 1 unspecified atom stereocenters. The van der Waals surface area contributed by atoms with Crippen molar-refractivity contribution in [3.8, 4) is 0 Å². The Hall–Kier alpha value is -1.06. The zero-order chi connectivity index (χ0) is 8.97. The van der Waals surface area contributed by atoms with E-state index in [1.54, 1.807) is 24.3 Å². The summed E-state index contributed by atoms with van der Waals surface area (Å²) in [6, 6.07) is 9.00. The number of nitrogens with two attached hydrogens (primary N) is 1. The number of carboxylic acids is 1. The molecule has 0 saturated carbocycles. The zero-order valence-corrected chi connectivity index (χ0v) is 7.83. The molecule has 13 heavy (non-hydrogen) atoms. The van der Waals surface area contributed by atoms with Crippen LogP contribution in [-0.4, -0.2) is 17.6 Å². The van der Waals surface area contributed by atoms with Gasteiger partial charge in [-0.1, -0.05) is 30.3 Å². The minimum Gasteiger partial charge on any atom is -0.481 e. The Morgan fingerprint density at radius 1 is 1.38 bits per heavy atom. The maximum absolute atomic E-state index is 10.7. The summed E-state index contributed by atoms with van der Waals surface area (Å²) >= 11 is 0. The summed E-state index contributed by atoms with van der Waals surface area (Å²) in [6.45, 7) is 0.138. The maximum Gasteiger partial charge on any atom is 0.312 e. The Bertz CT molecular complexity index is 264. The van der Waals surface area contributed by atoms with Crippen molar-refractivity contribution in [2.45, 2.75) is 5.92 Å². The molecule has 1 atom stereocenters.